The van der Waals surface area contributed by atoms with Gasteiger partial charge in [-0.25, -0.2) is 4.39 Å². The monoisotopic (exact) mass is 181 g/mol. The highest BCUT2D eigenvalue weighted by Crippen LogP contribution is 2.36. The highest BCUT2D eigenvalue weighted by atomic mass is 35.5. The number of halogens is 2. The lowest BCUT2D eigenvalue weighted by Gasteiger charge is -2.11. The van der Waals surface area contributed by atoms with E-state index in [1.807, 2.05) is 0 Å². The Bertz CT molecular complexity index is 144. The Balaban J connectivity index is 0.000000605. The molecule has 4 heteroatoms. The van der Waals surface area contributed by atoms with E-state index >= 15 is 0 Å². The molecule has 2 aliphatic rings. The Morgan fingerprint density at radius 2 is 2.09 bits per heavy atom. The van der Waals surface area contributed by atoms with Gasteiger partial charge in [0.1, 0.15) is 6.17 Å². The fraction of sp³-hybridized carbons (Fsp3) is 1.00. The van der Waals surface area contributed by atoms with Gasteiger partial charge in [0.15, 0.2) is 0 Å². The Morgan fingerprint density at radius 1 is 1.36 bits per heavy atom. The SMILES string of the molecule is Cl.O[C@@H]1[C@@H]2CNC[C@@H]2C[C@H]1F. The summed E-state index contributed by atoms with van der Waals surface area (Å²) in [6.07, 6.45) is -1.10. The minimum absolute atomic E-state index is 0. The fourth-order valence-corrected chi connectivity index (χ4v) is 2.11. The molecule has 0 amide bonds. The van der Waals surface area contributed by atoms with Gasteiger partial charge in [0.2, 0.25) is 0 Å². The van der Waals surface area contributed by atoms with Crippen LogP contribution in [0, 0.1) is 11.8 Å². The number of hydrogen-bond donors (Lipinski definition) is 2. The lowest BCUT2D eigenvalue weighted by atomic mass is 10.00. The van der Waals surface area contributed by atoms with Crippen LogP contribution in [0.1, 0.15) is 6.42 Å². The van der Waals surface area contributed by atoms with Crippen molar-refractivity contribution in [3.8, 4) is 0 Å². The van der Waals surface area contributed by atoms with Crippen LogP contribution in [0.5, 0.6) is 0 Å². The molecule has 0 aromatic heterocycles. The van der Waals surface area contributed by atoms with Crippen molar-refractivity contribution in [2.75, 3.05) is 13.1 Å². The molecule has 66 valence electrons. The quantitative estimate of drug-likeness (QED) is 0.565. The molecule has 1 heterocycles. The zero-order chi connectivity index (χ0) is 7.14. The zero-order valence-electron chi connectivity index (χ0n) is 6.16. The van der Waals surface area contributed by atoms with Gasteiger partial charge >= 0.3 is 0 Å². The molecular formula is C7H13ClFNO. The van der Waals surface area contributed by atoms with Crippen molar-refractivity contribution >= 4 is 12.4 Å². The van der Waals surface area contributed by atoms with E-state index in [2.05, 4.69) is 5.32 Å². The van der Waals surface area contributed by atoms with E-state index in [1.165, 1.54) is 0 Å². The maximum Gasteiger partial charge on any atom is 0.127 e. The normalized spacial score (nSPS) is 48.5. The Morgan fingerprint density at radius 3 is 2.73 bits per heavy atom. The van der Waals surface area contributed by atoms with Crippen LogP contribution in [0.15, 0.2) is 0 Å². The highest BCUT2D eigenvalue weighted by Gasteiger charge is 2.44. The second kappa shape index (κ2) is 3.25. The topological polar surface area (TPSA) is 32.3 Å². The molecule has 2 rings (SSSR count). The van der Waals surface area contributed by atoms with Crippen LogP contribution >= 0.6 is 12.4 Å². The molecule has 0 aromatic rings. The number of alkyl halides is 1. The van der Waals surface area contributed by atoms with Crippen molar-refractivity contribution in [1.82, 2.24) is 5.32 Å². The van der Waals surface area contributed by atoms with E-state index in [9.17, 15) is 9.50 Å². The van der Waals surface area contributed by atoms with Crippen LogP contribution in [0.4, 0.5) is 4.39 Å². The molecular weight excluding hydrogens is 169 g/mol. The number of nitrogens with one attached hydrogen (secondary N) is 1. The molecule has 2 fully saturated rings. The predicted octanol–water partition coefficient (Wildman–Crippen LogP) is 0.347. The molecule has 1 aliphatic heterocycles. The summed E-state index contributed by atoms with van der Waals surface area (Å²) < 4.78 is 12.8. The molecule has 0 unspecified atom stereocenters. The summed E-state index contributed by atoms with van der Waals surface area (Å²) in [6, 6.07) is 0. The van der Waals surface area contributed by atoms with E-state index in [0.717, 1.165) is 13.1 Å². The number of aliphatic hydroxyl groups is 1. The summed E-state index contributed by atoms with van der Waals surface area (Å²) in [4.78, 5) is 0. The van der Waals surface area contributed by atoms with Gasteiger partial charge in [-0.15, -0.1) is 12.4 Å². The Kier molecular flexibility index (Phi) is 2.73. The third-order valence-corrected chi connectivity index (χ3v) is 2.73. The second-order valence-electron chi connectivity index (χ2n) is 3.32. The zero-order valence-corrected chi connectivity index (χ0v) is 6.98. The first-order valence-corrected chi connectivity index (χ1v) is 3.82. The van der Waals surface area contributed by atoms with Gasteiger partial charge in [0.25, 0.3) is 0 Å². The number of fused-ring (bicyclic) bond motifs is 1. The van der Waals surface area contributed by atoms with Crippen molar-refractivity contribution in [3.63, 3.8) is 0 Å². The smallest absolute Gasteiger partial charge is 0.127 e. The standard InChI is InChI=1S/C7H12FNO.ClH/c8-6-1-4-2-9-3-5(4)7(6)10;/h4-7,9-10H,1-3H2;1H/t4-,5+,6+,7+;/m0./s1. The largest absolute Gasteiger partial charge is 0.390 e. The molecule has 0 aromatic carbocycles. The lowest BCUT2D eigenvalue weighted by molar-refractivity contribution is 0.0709. The minimum atomic E-state index is -0.961. The van der Waals surface area contributed by atoms with Crippen LogP contribution in [-0.2, 0) is 0 Å². The highest BCUT2D eigenvalue weighted by molar-refractivity contribution is 5.85. The summed E-state index contributed by atoms with van der Waals surface area (Å²) in [5.41, 5.74) is 0. The molecule has 0 radical (unpaired) electrons. The average molecular weight is 182 g/mol. The molecule has 1 aliphatic carbocycles. The maximum atomic E-state index is 12.8. The van der Waals surface area contributed by atoms with Crippen LogP contribution in [0.25, 0.3) is 0 Å². The summed E-state index contributed by atoms with van der Waals surface area (Å²) >= 11 is 0. The molecule has 2 nitrogen and oxygen atoms in total. The van der Waals surface area contributed by atoms with Gasteiger partial charge < -0.3 is 10.4 Å². The third kappa shape index (κ3) is 1.37. The summed E-state index contributed by atoms with van der Waals surface area (Å²) in [7, 11) is 0. The predicted molar refractivity (Wildman–Crippen MR) is 42.6 cm³/mol. The molecule has 0 bridgehead atoms. The van der Waals surface area contributed by atoms with Crippen LogP contribution < -0.4 is 5.32 Å². The number of aliphatic hydroxyl groups excluding tert-OH is 1. The first-order valence-electron chi connectivity index (χ1n) is 3.82. The van der Waals surface area contributed by atoms with Gasteiger partial charge in [-0.1, -0.05) is 0 Å². The summed E-state index contributed by atoms with van der Waals surface area (Å²) in [5.74, 6) is 0.583. The lowest BCUT2D eigenvalue weighted by Crippen LogP contribution is -2.26. The first kappa shape index (κ1) is 9.23. The molecule has 0 spiro atoms. The van der Waals surface area contributed by atoms with Crippen LogP contribution in [-0.4, -0.2) is 30.5 Å². The molecule has 4 atom stereocenters. The number of hydrogen-bond acceptors (Lipinski definition) is 2. The molecule has 1 saturated heterocycles. The molecule has 2 N–H and O–H groups in total. The number of rotatable bonds is 0. The van der Waals surface area contributed by atoms with E-state index in [0.29, 0.717) is 12.3 Å². The molecule has 1 saturated carbocycles. The Hall–Kier alpha value is 0.140. The fourth-order valence-electron chi connectivity index (χ4n) is 2.11. The van der Waals surface area contributed by atoms with Gasteiger partial charge in [-0.05, 0) is 18.9 Å². The van der Waals surface area contributed by atoms with E-state index in [4.69, 9.17) is 0 Å². The first-order chi connectivity index (χ1) is 4.79. The van der Waals surface area contributed by atoms with E-state index < -0.39 is 12.3 Å². The average Bonchev–Trinajstić information content (AvgIpc) is 2.41. The van der Waals surface area contributed by atoms with Crippen LogP contribution in [0.2, 0.25) is 0 Å². The molecule has 11 heavy (non-hydrogen) atoms. The maximum absolute atomic E-state index is 12.8. The van der Waals surface area contributed by atoms with Gasteiger partial charge in [0, 0.05) is 12.5 Å². The summed E-state index contributed by atoms with van der Waals surface area (Å²) in [5, 5.41) is 12.4. The van der Waals surface area contributed by atoms with Gasteiger partial charge in [0.05, 0.1) is 6.10 Å². The summed E-state index contributed by atoms with van der Waals surface area (Å²) in [6.45, 7) is 1.69. The van der Waals surface area contributed by atoms with Crippen molar-refractivity contribution < 1.29 is 9.50 Å². The second-order valence-corrected chi connectivity index (χ2v) is 3.32. The van der Waals surface area contributed by atoms with Gasteiger partial charge in [-0.2, -0.15) is 0 Å². The Labute approximate surface area is 71.6 Å². The third-order valence-electron chi connectivity index (χ3n) is 2.73. The van der Waals surface area contributed by atoms with E-state index in [-0.39, 0.29) is 18.3 Å². The van der Waals surface area contributed by atoms with Crippen molar-refractivity contribution in [2.45, 2.75) is 18.7 Å². The van der Waals surface area contributed by atoms with Crippen molar-refractivity contribution in [2.24, 2.45) is 11.8 Å². The van der Waals surface area contributed by atoms with E-state index in [1.54, 1.807) is 0 Å². The van der Waals surface area contributed by atoms with Crippen molar-refractivity contribution in [3.05, 3.63) is 0 Å². The van der Waals surface area contributed by atoms with Crippen LogP contribution in [0.3, 0.4) is 0 Å². The van der Waals surface area contributed by atoms with Crippen molar-refractivity contribution in [1.29, 1.82) is 0 Å². The minimum Gasteiger partial charge on any atom is -0.390 e. The van der Waals surface area contributed by atoms with Gasteiger partial charge in [-0.3, -0.25) is 0 Å².